The summed E-state index contributed by atoms with van der Waals surface area (Å²) >= 11 is 5.88. The molecule has 1 aliphatic rings. The summed E-state index contributed by atoms with van der Waals surface area (Å²) in [5, 5.41) is 0.292. The van der Waals surface area contributed by atoms with E-state index in [1.165, 1.54) is 12.8 Å². The van der Waals surface area contributed by atoms with Crippen LogP contribution in [0.2, 0.25) is 5.28 Å². The molecule has 3 rings (SSSR count). The molecule has 0 aromatic carbocycles. The molecule has 3 heterocycles. The predicted octanol–water partition coefficient (Wildman–Crippen LogP) is 1.03. The Labute approximate surface area is 91.5 Å². The highest BCUT2D eigenvalue weighted by Gasteiger charge is 2.22. The zero-order chi connectivity index (χ0) is 10.3. The number of aromatic nitrogens is 4. The van der Waals surface area contributed by atoms with Gasteiger partial charge < -0.3 is 4.90 Å². The average Bonchev–Trinajstić information content (AvgIpc) is 2.86. The number of nitrogens with one attached hydrogen (secondary N) is 2. The van der Waals surface area contributed by atoms with E-state index in [0.29, 0.717) is 5.28 Å². The maximum atomic E-state index is 5.88. The maximum absolute atomic E-state index is 5.88. The van der Waals surface area contributed by atoms with E-state index in [4.69, 9.17) is 11.6 Å². The van der Waals surface area contributed by atoms with Crippen molar-refractivity contribution in [3.63, 3.8) is 0 Å². The molecule has 6 heteroatoms. The molecule has 1 aliphatic heterocycles. The molecule has 0 bridgehead atoms. The fourth-order valence-corrected chi connectivity index (χ4v) is 2.16. The summed E-state index contributed by atoms with van der Waals surface area (Å²) in [6.07, 6.45) is 4.18. The van der Waals surface area contributed by atoms with Gasteiger partial charge in [-0.15, -0.1) is 0 Å². The minimum atomic E-state index is 0.292. The average molecular weight is 225 g/mol. The number of aromatic amines is 2. The predicted molar refractivity (Wildman–Crippen MR) is 56.9 cm³/mol. The van der Waals surface area contributed by atoms with Gasteiger partial charge in [0.2, 0.25) is 5.52 Å². The lowest BCUT2D eigenvalue weighted by molar-refractivity contribution is -0.347. The lowest BCUT2D eigenvalue weighted by Crippen LogP contribution is -2.20. The highest BCUT2D eigenvalue weighted by atomic mass is 35.5. The van der Waals surface area contributed by atoms with Crippen molar-refractivity contribution >= 4 is 28.6 Å². The first-order chi connectivity index (χ1) is 7.34. The summed E-state index contributed by atoms with van der Waals surface area (Å²) in [7, 11) is 0. The van der Waals surface area contributed by atoms with Gasteiger partial charge in [0.1, 0.15) is 0 Å². The highest BCUT2D eigenvalue weighted by molar-refractivity contribution is 6.28. The summed E-state index contributed by atoms with van der Waals surface area (Å²) in [6, 6.07) is 0. The Balaban J connectivity index is 2.18. The molecule has 1 saturated heterocycles. The first-order valence-corrected chi connectivity index (χ1v) is 5.39. The fourth-order valence-electron chi connectivity index (χ4n) is 1.99. The van der Waals surface area contributed by atoms with Crippen LogP contribution in [-0.2, 0) is 0 Å². The molecule has 0 aliphatic carbocycles. The number of H-pyrrole nitrogens is 2. The van der Waals surface area contributed by atoms with Gasteiger partial charge in [-0.2, -0.15) is 4.98 Å². The molecule has 0 saturated carbocycles. The molecule has 5 nitrogen and oxygen atoms in total. The number of halogens is 1. The molecule has 78 valence electrons. The van der Waals surface area contributed by atoms with Crippen LogP contribution in [0.15, 0.2) is 6.33 Å². The standard InChI is InChI=1S/C9H10ClN5/c10-9-13-7-6(11-5-12-7)8(14-9)15-3-1-2-4-15/h5H,1-4H2,(H,11,12,13,14)/p+1. The minimum absolute atomic E-state index is 0.292. The van der Waals surface area contributed by atoms with Gasteiger partial charge in [0.05, 0.1) is 0 Å². The van der Waals surface area contributed by atoms with E-state index >= 15 is 0 Å². The van der Waals surface area contributed by atoms with Crippen molar-refractivity contribution in [3.8, 4) is 0 Å². The smallest absolute Gasteiger partial charge is 0.306 e. The van der Waals surface area contributed by atoms with Crippen molar-refractivity contribution < 1.29 is 4.98 Å². The van der Waals surface area contributed by atoms with Gasteiger partial charge in [-0.1, -0.05) is 4.98 Å². The van der Waals surface area contributed by atoms with Gasteiger partial charge in [-0.25, -0.2) is 4.98 Å². The Hall–Kier alpha value is -1.36. The van der Waals surface area contributed by atoms with E-state index in [-0.39, 0.29) is 0 Å². The molecule has 15 heavy (non-hydrogen) atoms. The molecule has 2 aromatic rings. The van der Waals surface area contributed by atoms with Crippen LogP contribution >= 0.6 is 11.6 Å². The van der Waals surface area contributed by atoms with Crippen molar-refractivity contribution in [1.29, 1.82) is 0 Å². The van der Waals surface area contributed by atoms with Crippen LogP contribution in [0, 0.1) is 0 Å². The number of fused-ring (bicyclic) bond motifs is 1. The Kier molecular flexibility index (Phi) is 1.98. The van der Waals surface area contributed by atoms with E-state index in [1.54, 1.807) is 6.33 Å². The van der Waals surface area contributed by atoms with Crippen LogP contribution in [0.1, 0.15) is 12.8 Å². The number of rotatable bonds is 1. The molecular formula is C9H11ClN5+. The summed E-state index contributed by atoms with van der Waals surface area (Å²) in [4.78, 5) is 16.7. The van der Waals surface area contributed by atoms with Crippen LogP contribution in [0.3, 0.4) is 0 Å². The quantitative estimate of drug-likeness (QED) is 0.736. The summed E-state index contributed by atoms with van der Waals surface area (Å²) in [6.45, 7) is 2.09. The second-order valence-corrected chi connectivity index (χ2v) is 4.01. The van der Waals surface area contributed by atoms with Gasteiger partial charge in [0, 0.05) is 13.1 Å². The Bertz CT molecular complexity index is 488. The number of hydrogen-bond donors (Lipinski definition) is 1. The summed E-state index contributed by atoms with van der Waals surface area (Å²) in [5.41, 5.74) is 1.69. The first-order valence-electron chi connectivity index (χ1n) is 5.02. The zero-order valence-corrected chi connectivity index (χ0v) is 8.88. The maximum Gasteiger partial charge on any atom is 0.306 e. The Morgan fingerprint density at radius 2 is 2.13 bits per heavy atom. The van der Waals surface area contributed by atoms with Crippen molar-refractivity contribution in [2.75, 3.05) is 18.0 Å². The first kappa shape index (κ1) is 8.91. The molecule has 0 spiro atoms. The fraction of sp³-hybridized carbons (Fsp3) is 0.444. The monoisotopic (exact) mass is 224 g/mol. The summed E-state index contributed by atoms with van der Waals surface area (Å²) in [5.74, 6) is 0.906. The lowest BCUT2D eigenvalue weighted by Gasteiger charge is -2.14. The van der Waals surface area contributed by atoms with E-state index in [1.807, 2.05) is 0 Å². The minimum Gasteiger partial charge on any atom is -0.353 e. The molecule has 0 atom stereocenters. The van der Waals surface area contributed by atoms with Crippen molar-refractivity contribution in [1.82, 2.24) is 15.0 Å². The second kappa shape index (κ2) is 3.34. The molecule has 1 fully saturated rings. The number of hydrogen-bond acceptors (Lipinski definition) is 3. The Morgan fingerprint density at radius 3 is 2.93 bits per heavy atom. The number of nitrogens with zero attached hydrogens (tertiary/aromatic N) is 3. The van der Waals surface area contributed by atoms with E-state index in [2.05, 4.69) is 24.8 Å². The Morgan fingerprint density at radius 1 is 1.33 bits per heavy atom. The highest BCUT2D eigenvalue weighted by Crippen LogP contribution is 2.24. The molecule has 0 radical (unpaired) electrons. The number of anilines is 1. The second-order valence-electron chi connectivity index (χ2n) is 3.67. The van der Waals surface area contributed by atoms with Crippen LogP contribution < -0.4 is 9.88 Å². The molecule has 0 unspecified atom stereocenters. The lowest BCUT2D eigenvalue weighted by atomic mass is 10.4. The van der Waals surface area contributed by atoms with Gasteiger partial charge in [-0.3, -0.25) is 4.98 Å². The van der Waals surface area contributed by atoms with Crippen molar-refractivity contribution in [3.05, 3.63) is 11.6 Å². The largest absolute Gasteiger partial charge is 0.353 e. The van der Waals surface area contributed by atoms with Crippen LogP contribution in [0.25, 0.3) is 11.2 Å². The van der Waals surface area contributed by atoms with Gasteiger partial charge in [0.25, 0.3) is 0 Å². The zero-order valence-electron chi connectivity index (χ0n) is 8.13. The summed E-state index contributed by atoms with van der Waals surface area (Å²) < 4.78 is 0. The van der Waals surface area contributed by atoms with Crippen LogP contribution in [0.5, 0.6) is 0 Å². The van der Waals surface area contributed by atoms with Crippen LogP contribution in [0.4, 0.5) is 5.82 Å². The van der Waals surface area contributed by atoms with Gasteiger partial charge in [0.15, 0.2) is 12.1 Å². The van der Waals surface area contributed by atoms with E-state index < -0.39 is 0 Å². The van der Waals surface area contributed by atoms with E-state index in [9.17, 15) is 0 Å². The van der Waals surface area contributed by atoms with Gasteiger partial charge in [-0.05, 0) is 24.4 Å². The third-order valence-corrected chi connectivity index (χ3v) is 2.86. The van der Waals surface area contributed by atoms with Crippen LogP contribution in [-0.4, -0.2) is 28.0 Å². The number of imidazole rings is 1. The van der Waals surface area contributed by atoms with Crippen molar-refractivity contribution in [2.24, 2.45) is 0 Å². The van der Waals surface area contributed by atoms with Gasteiger partial charge >= 0.3 is 10.9 Å². The van der Waals surface area contributed by atoms with E-state index in [0.717, 1.165) is 30.1 Å². The third-order valence-electron chi connectivity index (χ3n) is 2.69. The normalized spacial score (nSPS) is 16.5. The topological polar surface area (TPSA) is 59.0 Å². The molecule has 2 N–H and O–H groups in total. The van der Waals surface area contributed by atoms with Crippen molar-refractivity contribution in [2.45, 2.75) is 12.8 Å². The SMILES string of the molecule is Clc1nc(N2CCCC2)c2[nH]c[nH+]c2n1. The molecule has 0 amide bonds. The molecular weight excluding hydrogens is 214 g/mol. The molecule has 2 aromatic heterocycles. The third kappa shape index (κ3) is 1.43.